The van der Waals surface area contributed by atoms with Gasteiger partial charge >= 0.3 is 0 Å². The van der Waals surface area contributed by atoms with Gasteiger partial charge in [0.1, 0.15) is 23.3 Å². The van der Waals surface area contributed by atoms with Crippen LogP contribution in [-0.4, -0.2) is 53.7 Å². The summed E-state index contributed by atoms with van der Waals surface area (Å²) in [6.07, 6.45) is 5.51. The van der Waals surface area contributed by atoms with E-state index in [1.807, 2.05) is 43.2 Å². The van der Waals surface area contributed by atoms with Crippen LogP contribution in [0, 0.1) is 11.6 Å². The maximum absolute atomic E-state index is 13.5. The molecule has 0 saturated carbocycles. The molecule has 0 radical (unpaired) electrons. The minimum Gasteiger partial charge on any atom is -0.303 e. The zero-order valence-electron chi connectivity index (χ0n) is 18.4. The zero-order valence-corrected chi connectivity index (χ0v) is 18.4. The molecule has 6 heteroatoms. The molecule has 32 heavy (non-hydrogen) atoms. The smallest absolute Gasteiger partial charge is 0.186 e. The van der Waals surface area contributed by atoms with E-state index >= 15 is 0 Å². The lowest BCUT2D eigenvalue weighted by atomic mass is 9.91. The van der Waals surface area contributed by atoms with E-state index in [2.05, 4.69) is 22.2 Å². The first kappa shape index (κ1) is 22.0. The highest BCUT2D eigenvalue weighted by atomic mass is 19.1. The Kier molecular flexibility index (Phi) is 6.81. The summed E-state index contributed by atoms with van der Waals surface area (Å²) in [4.78, 5) is 6.65. The number of benzene rings is 2. The van der Waals surface area contributed by atoms with E-state index in [-0.39, 0.29) is 17.6 Å². The molecular weight excluding hydrogens is 406 g/mol. The number of likely N-dealkylation sites (N-methyl/N-ethyl adjacent to an activating group) is 1. The molecule has 0 fully saturated rings. The molecule has 1 aliphatic heterocycles. The van der Waals surface area contributed by atoms with Crippen LogP contribution in [0.5, 0.6) is 0 Å². The van der Waals surface area contributed by atoms with Crippen molar-refractivity contribution in [1.82, 2.24) is 9.88 Å². The lowest BCUT2D eigenvalue weighted by Crippen LogP contribution is -2.22. The summed E-state index contributed by atoms with van der Waals surface area (Å²) in [6.45, 7) is 1.65. The van der Waals surface area contributed by atoms with Gasteiger partial charge in [-0.05, 0) is 91.7 Å². The minimum absolute atomic E-state index is 0.0322. The highest BCUT2D eigenvalue weighted by molar-refractivity contribution is 6.14. The van der Waals surface area contributed by atoms with Crippen molar-refractivity contribution in [2.75, 3.05) is 27.2 Å². The predicted octanol–water partition coefficient (Wildman–Crippen LogP) is 4.29. The van der Waals surface area contributed by atoms with Crippen molar-refractivity contribution in [3.63, 3.8) is 0 Å². The predicted molar refractivity (Wildman–Crippen MR) is 123 cm³/mol. The van der Waals surface area contributed by atoms with Gasteiger partial charge in [0.05, 0.1) is 6.54 Å². The number of aromatic nitrogens is 1. The summed E-state index contributed by atoms with van der Waals surface area (Å²) in [5.41, 5.74) is 4.97. The molecule has 1 atom stereocenters. The summed E-state index contributed by atoms with van der Waals surface area (Å²) >= 11 is 0. The van der Waals surface area contributed by atoms with Gasteiger partial charge in [-0.3, -0.25) is 4.98 Å². The second-order valence-electron chi connectivity index (χ2n) is 8.29. The summed E-state index contributed by atoms with van der Waals surface area (Å²) in [5, 5.41) is 4.84. The largest absolute Gasteiger partial charge is 0.303 e. The van der Waals surface area contributed by atoms with Crippen molar-refractivity contribution in [2.24, 2.45) is 5.10 Å². The van der Waals surface area contributed by atoms with Crippen molar-refractivity contribution in [3.8, 4) is 0 Å². The minimum atomic E-state index is -0.260. The van der Waals surface area contributed by atoms with Gasteiger partial charge < -0.3 is 4.90 Å². The molecule has 4 nitrogen and oxygen atoms in total. The molecule has 2 heterocycles. The summed E-state index contributed by atoms with van der Waals surface area (Å²) < 4.78 is 28.6. The second kappa shape index (κ2) is 9.92. The summed E-state index contributed by atoms with van der Waals surface area (Å²) in [5.74, 6) is -0.517. The van der Waals surface area contributed by atoms with Crippen LogP contribution in [0.2, 0.25) is 0 Å². The van der Waals surface area contributed by atoms with Crippen LogP contribution in [0.3, 0.4) is 0 Å². The molecule has 1 unspecified atom stereocenters. The van der Waals surface area contributed by atoms with Gasteiger partial charge in [-0.2, -0.15) is 0 Å². The Labute approximate surface area is 187 Å². The van der Waals surface area contributed by atoms with Crippen molar-refractivity contribution < 1.29 is 13.5 Å². The maximum Gasteiger partial charge on any atom is 0.186 e. The monoisotopic (exact) mass is 433 g/mol. The van der Waals surface area contributed by atoms with Gasteiger partial charge in [0.25, 0.3) is 0 Å². The van der Waals surface area contributed by atoms with E-state index in [1.54, 1.807) is 12.1 Å². The van der Waals surface area contributed by atoms with Gasteiger partial charge in [0.2, 0.25) is 0 Å². The molecule has 0 spiro atoms. The fraction of sp³-hybridized carbons (Fsp3) is 0.269. The number of hydrogen-bond donors (Lipinski definition) is 0. The van der Waals surface area contributed by atoms with E-state index in [1.165, 1.54) is 24.3 Å². The van der Waals surface area contributed by atoms with Gasteiger partial charge in [-0.15, -0.1) is 0 Å². The zero-order chi connectivity index (χ0) is 22.5. The van der Waals surface area contributed by atoms with Crippen molar-refractivity contribution in [1.29, 1.82) is 0 Å². The number of aryl methyl sites for hydroxylation is 2. The standard InChI is InChI=1S/C26H27F2N4/c1-31(2)15-16-32-18-25(26(30-32)20-6-10-23(28)11-7-20)21-13-14-29-24(17-21)12-5-19-3-8-22(27)9-4-19/h3-4,6-11,13-14,17-18,25H,5,12,15-16H2,1-2H3/q+1. The van der Waals surface area contributed by atoms with Crippen molar-refractivity contribution >= 4 is 11.9 Å². The van der Waals surface area contributed by atoms with E-state index < -0.39 is 0 Å². The quantitative estimate of drug-likeness (QED) is 0.497. The Morgan fingerprint density at radius 3 is 2.28 bits per heavy atom. The van der Waals surface area contributed by atoms with E-state index in [9.17, 15) is 8.78 Å². The van der Waals surface area contributed by atoms with E-state index in [0.29, 0.717) is 0 Å². The Balaban J connectivity index is 1.57. The van der Waals surface area contributed by atoms with Gasteiger partial charge in [0, 0.05) is 17.5 Å². The van der Waals surface area contributed by atoms with Crippen LogP contribution in [-0.2, 0) is 12.8 Å². The molecule has 164 valence electrons. The Bertz CT molecular complexity index is 1120. The Morgan fingerprint density at radius 2 is 1.59 bits per heavy atom. The SMILES string of the molecule is CN(C)CC[N+]1=CC(c2ccnc(CCc3ccc(F)cc3)c2)C(c2ccc(F)cc2)=N1. The first-order valence-electron chi connectivity index (χ1n) is 10.8. The first-order valence-corrected chi connectivity index (χ1v) is 10.8. The van der Waals surface area contributed by atoms with Crippen molar-refractivity contribution in [3.05, 3.63) is 101 Å². The van der Waals surface area contributed by atoms with Gasteiger partial charge in [0.15, 0.2) is 12.8 Å². The fourth-order valence-electron chi connectivity index (χ4n) is 3.76. The molecule has 0 saturated heterocycles. The summed E-state index contributed by atoms with van der Waals surface area (Å²) in [7, 11) is 4.07. The van der Waals surface area contributed by atoms with Crippen LogP contribution in [0.4, 0.5) is 8.78 Å². The maximum atomic E-state index is 13.5. The molecule has 0 bridgehead atoms. The number of rotatable bonds is 8. The number of nitrogens with zero attached hydrogens (tertiary/aromatic N) is 4. The fourth-order valence-corrected chi connectivity index (χ4v) is 3.76. The van der Waals surface area contributed by atoms with Crippen LogP contribution in [0.15, 0.2) is 72.0 Å². The Morgan fingerprint density at radius 1 is 0.906 bits per heavy atom. The third-order valence-corrected chi connectivity index (χ3v) is 5.55. The van der Waals surface area contributed by atoms with Crippen LogP contribution in [0.1, 0.15) is 28.3 Å². The lowest BCUT2D eigenvalue weighted by molar-refractivity contribution is -0.526. The van der Waals surface area contributed by atoms with E-state index in [4.69, 9.17) is 5.10 Å². The number of halogens is 2. The molecule has 4 rings (SSSR count). The van der Waals surface area contributed by atoms with Crippen LogP contribution < -0.4 is 0 Å². The molecule has 0 amide bonds. The number of hydrazone groups is 1. The topological polar surface area (TPSA) is 31.5 Å². The van der Waals surface area contributed by atoms with Gasteiger partial charge in [-0.1, -0.05) is 16.8 Å². The first-order chi connectivity index (χ1) is 15.5. The molecule has 2 aromatic carbocycles. The molecule has 1 aromatic heterocycles. The average Bonchev–Trinajstić information content (AvgIpc) is 3.22. The number of hydrogen-bond acceptors (Lipinski definition) is 3. The third kappa shape index (κ3) is 5.51. The van der Waals surface area contributed by atoms with Crippen LogP contribution in [0.25, 0.3) is 0 Å². The van der Waals surface area contributed by atoms with Crippen LogP contribution >= 0.6 is 0 Å². The Hall–Kier alpha value is -3.25. The number of pyridine rings is 1. The lowest BCUT2D eigenvalue weighted by Gasteiger charge is -2.10. The molecule has 1 aliphatic rings. The third-order valence-electron chi connectivity index (χ3n) is 5.55. The molecule has 3 aromatic rings. The van der Waals surface area contributed by atoms with Crippen molar-refractivity contribution in [2.45, 2.75) is 18.8 Å². The molecule has 0 N–H and O–H groups in total. The average molecular weight is 434 g/mol. The highest BCUT2D eigenvalue weighted by Gasteiger charge is 2.31. The molecular formula is C26H27F2N4+. The second-order valence-corrected chi connectivity index (χ2v) is 8.29. The molecule has 0 aliphatic carbocycles. The highest BCUT2D eigenvalue weighted by Crippen LogP contribution is 2.25. The van der Waals surface area contributed by atoms with E-state index in [0.717, 1.165) is 54.0 Å². The summed E-state index contributed by atoms with van der Waals surface area (Å²) in [6, 6.07) is 17.2. The van der Waals surface area contributed by atoms with Gasteiger partial charge in [-0.25, -0.2) is 8.78 Å². The normalized spacial score (nSPS) is 15.7.